The van der Waals surface area contributed by atoms with Crippen molar-refractivity contribution in [2.75, 3.05) is 23.3 Å². The molecule has 1 aromatic rings. The molecule has 0 saturated carbocycles. The smallest absolute Gasteiger partial charge is 0.148 e. The predicted molar refractivity (Wildman–Crippen MR) is 90.5 cm³/mol. The molecule has 1 atom stereocenters. The fourth-order valence-corrected chi connectivity index (χ4v) is 2.58. The molecule has 1 unspecified atom stereocenters. The summed E-state index contributed by atoms with van der Waals surface area (Å²) < 4.78 is 0.977. The van der Waals surface area contributed by atoms with Crippen LogP contribution in [-0.4, -0.2) is 29.1 Å². The topological polar surface area (TPSA) is 41.1 Å². The summed E-state index contributed by atoms with van der Waals surface area (Å²) in [6.07, 6.45) is 6.21. The number of halogens is 1. The standard InChI is InChI=1S/C15H27BrN4/c1-5-8-10-20(12(4)7-3)15-13(16)14(17-9-6-2)18-11-19-15/h11-12H,5-10H2,1-4H3,(H,17,18,19). The quantitative estimate of drug-likeness (QED) is 0.718. The van der Waals surface area contributed by atoms with Crippen LogP contribution in [0.2, 0.25) is 0 Å². The molecular formula is C15H27BrN4. The van der Waals surface area contributed by atoms with Crippen molar-refractivity contribution in [3.8, 4) is 0 Å². The first-order chi connectivity index (χ1) is 9.65. The van der Waals surface area contributed by atoms with Crippen LogP contribution in [0.5, 0.6) is 0 Å². The Kier molecular flexibility index (Phi) is 7.88. The van der Waals surface area contributed by atoms with E-state index in [0.29, 0.717) is 6.04 Å². The van der Waals surface area contributed by atoms with Gasteiger partial charge in [0.15, 0.2) is 0 Å². The Bertz CT molecular complexity index is 397. The Morgan fingerprint density at radius 2 is 2.00 bits per heavy atom. The molecule has 20 heavy (non-hydrogen) atoms. The van der Waals surface area contributed by atoms with E-state index in [0.717, 1.165) is 42.0 Å². The Morgan fingerprint density at radius 1 is 1.25 bits per heavy atom. The molecular weight excluding hydrogens is 316 g/mol. The molecule has 1 aromatic heterocycles. The molecule has 0 spiro atoms. The van der Waals surface area contributed by atoms with Gasteiger partial charge in [0, 0.05) is 19.1 Å². The molecule has 0 fully saturated rings. The van der Waals surface area contributed by atoms with E-state index in [1.165, 1.54) is 12.8 Å². The lowest BCUT2D eigenvalue weighted by molar-refractivity contribution is 0.588. The molecule has 1 rings (SSSR count). The highest BCUT2D eigenvalue weighted by Crippen LogP contribution is 2.31. The van der Waals surface area contributed by atoms with Crippen LogP contribution < -0.4 is 10.2 Å². The van der Waals surface area contributed by atoms with Gasteiger partial charge in [-0.25, -0.2) is 9.97 Å². The molecule has 0 aromatic carbocycles. The third kappa shape index (κ3) is 4.62. The zero-order valence-electron chi connectivity index (χ0n) is 13.1. The minimum Gasteiger partial charge on any atom is -0.369 e. The van der Waals surface area contributed by atoms with Crippen molar-refractivity contribution >= 4 is 27.6 Å². The van der Waals surface area contributed by atoms with Crippen molar-refractivity contribution in [2.24, 2.45) is 0 Å². The third-order valence-electron chi connectivity index (χ3n) is 3.46. The first kappa shape index (κ1) is 17.2. The maximum absolute atomic E-state index is 4.50. The van der Waals surface area contributed by atoms with Crippen molar-refractivity contribution in [3.63, 3.8) is 0 Å². The second kappa shape index (κ2) is 9.16. The summed E-state index contributed by atoms with van der Waals surface area (Å²) in [7, 11) is 0. The maximum Gasteiger partial charge on any atom is 0.148 e. The maximum atomic E-state index is 4.50. The van der Waals surface area contributed by atoms with Gasteiger partial charge in [0.25, 0.3) is 0 Å². The highest BCUT2D eigenvalue weighted by Gasteiger charge is 2.19. The minimum absolute atomic E-state index is 0.478. The van der Waals surface area contributed by atoms with Crippen molar-refractivity contribution < 1.29 is 0 Å². The van der Waals surface area contributed by atoms with Gasteiger partial charge in [-0.1, -0.05) is 27.2 Å². The van der Waals surface area contributed by atoms with Gasteiger partial charge in [0.1, 0.15) is 22.4 Å². The number of hydrogen-bond acceptors (Lipinski definition) is 4. The monoisotopic (exact) mass is 342 g/mol. The van der Waals surface area contributed by atoms with Crippen LogP contribution in [-0.2, 0) is 0 Å². The second-order valence-electron chi connectivity index (χ2n) is 5.09. The summed E-state index contributed by atoms with van der Waals surface area (Å²) in [5.41, 5.74) is 0. The molecule has 0 bridgehead atoms. The van der Waals surface area contributed by atoms with E-state index < -0.39 is 0 Å². The van der Waals surface area contributed by atoms with Crippen molar-refractivity contribution in [3.05, 3.63) is 10.8 Å². The van der Waals surface area contributed by atoms with Crippen LogP contribution >= 0.6 is 15.9 Å². The molecule has 114 valence electrons. The number of unbranched alkanes of at least 4 members (excludes halogenated alkanes) is 1. The van der Waals surface area contributed by atoms with Crippen LogP contribution in [0.25, 0.3) is 0 Å². The molecule has 0 radical (unpaired) electrons. The van der Waals surface area contributed by atoms with Gasteiger partial charge in [0.2, 0.25) is 0 Å². The summed E-state index contributed by atoms with van der Waals surface area (Å²) in [6.45, 7) is 10.8. The van der Waals surface area contributed by atoms with Gasteiger partial charge in [-0.15, -0.1) is 0 Å². The van der Waals surface area contributed by atoms with E-state index in [-0.39, 0.29) is 0 Å². The fourth-order valence-electron chi connectivity index (χ4n) is 2.01. The zero-order valence-corrected chi connectivity index (χ0v) is 14.7. The summed E-state index contributed by atoms with van der Waals surface area (Å²) in [5.74, 6) is 1.89. The SMILES string of the molecule is CCCCN(c1ncnc(NCCC)c1Br)C(C)CC. The van der Waals surface area contributed by atoms with E-state index in [2.05, 4.69) is 63.8 Å². The third-order valence-corrected chi connectivity index (χ3v) is 4.19. The van der Waals surface area contributed by atoms with E-state index in [9.17, 15) is 0 Å². The van der Waals surface area contributed by atoms with Crippen molar-refractivity contribution in [1.29, 1.82) is 0 Å². The Balaban J connectivity index is 2.99. The zero-order chi connectivity index (χ0) is 15.0. The number of aromatic nitrogens is 2. The molecule has 4 nitrogen and oxygen atoms in total. The molecule has 5 heteroatoms. The molecule has 0 aliphatic rings. The summed E-state index contributed by atoms with van der Waals surface area (Å²) >= 11 is 3.67. The summed E-state index contributed by atoms with van der Waals surface area (Å²) in [5, 5.41) is 3.35. The lowest BCUT2D eigenvalue weighted by atomic mass is 10.2. The second-order valence-corrected chi connectivity index (χ2v) is 5.88. The number of nitrogens with one attached hydrogen (secondary N) is 1. The molecule has 0 aliphatic carbocycles. The average molecular weight is 343 g/mol. The van der Waals surface area contributed by atoms with Crippen LogP contribution in [0.3, 0.4) is 0 Å². The van der Waals surface area contributed by atoms with Crippen LogP contribution in [0.4, 0.5) is 11.6 Å². The largest absolute Gasteiger partial charge is 0.369 e. The molecule has 0 saturated heterocycles. The Labute approximate surface area is 131 Å². The normalized spacial score (nSPS) is 12.2. The van der Waals surface area contributed by atoms with Gasteiger partial charge < -0.3 is 10.2 Å². The van der Waals surface area contributed by atoms with E-state index in [1.807, 2.05) is 0 Å². The lowest BCUT2D eigenvalue weighted by Gasteiger charge is -2.30. The minimum atomic E-state index is 0.478. The van der Waals surface area contributed by atoms with E-state index in [1.54, 1.807) is 6.33 Å². The molecule has 1 N–H and O–H groups in total. The number of nitrogens with zero attached hydrogens (tertiary/aromatic N) is 3. The highest BCUT2D eigenvalue weighted by atomic mass is 79.9. The summed E-state index contributed by atoms with van der Waals surface area (Å²) in [6, 6.07) is 0.478. The Hall–Kier alpha value is -0.840. The average Bonchev–Trinajstić information content (AvgIpc) is 2.47. The van der Waals surface area contributed by atoms with Gasteiger partial charge >= 0.3 is 0 Å². The van der Waals surface area contributed by atoms with Crippen LogP contribution in [0.15, 0.2) is 10.8 Å². The number of anilines is 2. The summed E-state index contributed by atoms with van der Waals surface area (Å²) in [4.78, 5) is 11.2. The Morgan fingerprint density at radius 3 is 2.60 bits per heavy atom. The predicted octanol–water partition coefficient (Wildman–Crippen LogP) is 4.47. The fraction of sp³-hybridized carbons (Fsp3) is 0.733. The first-order valence-corrected chi connectivity index (χ1v) is 8.45. The van der Waals surface area contributed by atoms with Gasteiger partial charge in [-0.2, -0.15) is 0 Å². The van der Waals surface area contributed by atoms with Crippen molar-refractivity contribution in [1.82, 2.24) is 9.97 Å². The van der Waals surface area contributed by atoms with E-state index >= 15 is 0 Å². The highest BCUT2D eigenvalue weighted by molar-refractivity contribution is 9.10. The van der Waals surface area contributed by atoms with Crippen LogP contribution in [0, 0.1) is 0 Å². The van der Waals surface area contributed by atoms with Gasteiger partial charge in [-0.3, -0.25) is 0 Å². The van der Waals surface area contributed by atoms with Gasteiger partial charge in [0.05, 0.1) is 0 Å². The first-order valence-electron chi connectivity index (χ1n) is 7.66. The van der Waals surface area contributed by atoms with Crippen molar-refractivity contribution in [2.45, 2.75) is 59.4 Å². The number of rotatable bonds is 9. The van der Waals surface area contributed by atoms with E-state index in [4.69, 9.17) is 0 Å². The molecule has 0 amide bonds. The number of hydrogen-bond donors (Lipinski definition) is 1. The van der Waals surface area contributed by atoms with Crippen LogP contribution in [0.1, 0.15) is 53.4 Å². The molecule has 1 heterocycles. The lowest BCUT2D eigenvalue weighted by Crippen LogP contribution is -2.34. The van der Waals surface area contributed by atoms with Gasteiger partial charge in [-0.05, 0) is 42.1 Å². The molecule has 0 aliphatic heterocycles.